The van der Waals surface area contributed by atoms with Crippen LogP contribution >= 0.6 is 0 Å². The van der Waals surface area contributed by atoms with E-state index in [1.807, 2.05) is 36.4 Å². The van der Waals surface area contributed by atoms with Crippen LogP contribution in [0.5, 0.6) is 5.75 Å². The van der Waals surface area contributed by atoms with Crippen molar-refractivity contribution in [1.29, 1.82) is 0 Å². The topological polar surface area (TPSA) is 49.4 Å². The predicted molar refractivity (Wildman–Crippen MR) is 52.6 cm³/mol. The van der Waals surface area contributed by atoms with Gasteiger partial charge in [-0.15, -0.1) is 0 Å². The summed E-state index contributed by atoms with van der Waals surface area (Å²) in [4.78, 5) is 0. The molecule has 0 spiro atoms. The molecule has 0 aliphatic heterocycles. The Kier molecular flexibility index (Phi) is 5.41. The van der Waals surface area contributed by atoms with Crippen molar-refractivity contribution in [2.45, 2.75) is 0 Å². The van der Waals surface area contributed by atoms with Crippen LogP contribution in [0.25, 0.3) is 11.1 Å². The third-order valence-corrected chi connectivity index (χ3v) is 2.23. The zero-order valence-electron chi connectivity index (χ0n) is 8.17. The van der Waals surface area contributed by atoms with E-state index in [2.05, 4.69) is 4.18 Å². The Labute approximate surface area is 133 Å². The first kappa shape index (κ1) is 13.3. The minimum Gasteiger partial charge on any atom is -0.740 e. The Morgan fingerprint density at radius 2 is 1.80 bits per heavy atom. The molecular weight excluding hydrogens is 239 g/mol. The van der Waals surface area contributed by atoms with Crippen LogP contribution in [0.3, 0.4) is 0 Å². The van der Waals surface area contributed by atoms with Crippen LogP contribution in [0, 0.1) is 0 Å². The summed E-state index contributed by atoms with van der Waals surface area (Å²) in [5, 5.41) is 0. The quantitative estimate of drug-likeness (QED) is 0.503. The maximum absolute atomic E-state index is 10.4. The second kappa shape index (κ2) is 6.10. The summed E-state index contributed by atoms with van der Waals surface area (Å²) < 4.78 is 25.4. The third kappa shape index (κ3) is 3.35. The van der Waals surface area contributed by atoms with Crippen molar-refractivity contribution in [3.8, 4) is 16.9 Å². The molecule has 5 heteroatoms. The molecule has 0 heterocycles. The monoisotopic (exact) mass is 246 g/mol. The first-order valence-corrected chi connectivity index (χ1v) is 5.03. The minimum atomic E-state index is -2.52. The molecule has 1 atom stereocenters. The Morgan fingerprint density at radius 3 is 2.53 bits per heavy atom. The molecule has 0 fully saturated rings. The smallest absolute Gasteiger partial charge is 0.740 e. The minimum absolute atomic E-state index is 0. The standard InChI is InChI=1S/C10H8O3S.K/c11-14(12)13-10-7-6-8-4-2-1-3-5-9(8)10;/h1-7H,(H,11,12);/q;+1/p-1. The summed E-state index contributed by atoms with van der Waals surface area (Å²) in [5.74, 6) is 0.365. The normalized spacial score (nSPS) is 11.8. The summed E-state index contributed by atoms with van der Waals surface area (Å²) >= 11 is -2.52. The molecule has 15 heavy (non-hydrogen) atoms. The van der Waals surface area contributed by atoms with Gasteiger partial charge in [-0.25, -0.2) is 4.21 Å². The molecule has 0 bridgehead atoms. The molecule has 0 aromatic carbocycles. The van der Waals surface area contributed by atoms with E-state index in [0.717, 1.165) is 11.1 Å². The van der Waals surface area contributed by atoms with Crippen molar-refractivity contribution in [1.82, 2.24) is 0 Å². The molecule has 72 valence electrons. The van der Waals surface area contributed by atoms with E-state index in [9.17, 15) is 8.76 Å². The molecule has 0 aromatic heterocycles. The zero-order chi connectivity index (χ0) is 9.97. The molecule has 2 rings (SSSR count). The summed E-state index contributed by atoms with van der Waals surface area (Å²) in [6.45, 7) is 0. The summed E-state index contributed by atoms with van der Waals surface area (Å²) in [7, 11) is 0. The second-order valence-electron chi connectivity index (χ2n) is 2.76. The molecule has 2 aliphatic rings. The first-order chi connectivity index (χ1) is 6.77. The van der Waals surface area contributed by atoms with Crippen LogP contribution in [-0.4, -0.2) is 8.76 Å². The Hall–Kier alpha value is 0.246. The van der Waals surface area contributed by atoms with Crippen molar-refractivity contribution in [2.24, 2.45) is 0 Å². The largest absolute Gasteiger partial charge is 1.00 e. The maximum Gasteiger partial charge on any atom is 1.00 e. The Bertz CT molecular complexity index is 447. The number of hydrogen-bond acceptors (Lipinski definition) is 3. The summed E-state index contributed by atoms with van der Waals surface area (Å²) in [5.41, 5.74) is 1.75. The van der Waals surface area contributed by atoms with Gasteiger partial charge in [-0.1, -0.05) is 36.4 Å². The van der Waals surface area contributed by atoms with Crippen molar-refractivity contribution in [2.75, 3.05) is 0 Å². The van der Waals surface area contributed by atoms with Gasteiger partial charge in [0.15, 0.2) is 0 Å². The fraction of sp³-hybridized carbons (Fsp3) is 0. The molecular formula is C10H7KO3S. The Balaban J connectivity index is 0.00000112. The molecule has 0 aromatic rings. The van der Waals surface area contributed by atoms with Crippen LogP contribution < -0.4 is 55.6 Å². The van der Waals surface area contributed by atoms with Crippen LogP contribution in [0.15, 0.2) is 42.5 Å². The SMILES string of the molecule is O=S([O-])Oc1ccc2cccccc1-2.[K+]. The van der Waals surface area contributed by atoms with Crippen LogP contribution in [0.2, 0.25) is 0 Å². The van der Waals surface area contributed by atoms with Gasteiger partial charge in [0.25, 0.3) is 0 Å². The molecule has 3 nitrogen and oxygen atoms in total. The summed E-state index contributed by atoms with van der Waals surface area (Å²) in [6, 6.07) is 12.8. The maximum atomic E-state index is 10.4. The first-order valence-electron chi connectivity index (χ1n) is 4.03. The van der Waals surface area contributed by atoms with Gasteiger partial charge in [-0.05, 0) is 11.6 Å². The van der Waals surface area contributed by atoms with E-state index in [0.29, 0.717) is 5.75 Å². The molecule has 0 saturated carbocycles. The van der Waals surface area contributed by atoms with E-state index in [-0.39, 0.29) is 51.4 Å². The van der Waals surface area contributed by atoms with Gasteiger partial charge in [0.05, 0.1) is 0 Å². The fourth-order valence-corrected chi connectivity index (χ4v) is 1.62. The molecule has 0 amide bonds. The zero-order valence-corrected chi connectivity index (χ0v) is 12.1. The fourth-order valence-electron chi connectivity index (χ4n) is 1.33. The molecule has 0 saturated heterocycles. The van der Waals surface area contributed by atoms with E-state index in [4.69, 9.17) is 0 Å². The molecule has 2 aliphatic carbocycles. The van der Waals surface area contributed by atoms with Crippen LogP contribution in [0.1, 0.15) is 0 Å². The van der Waals surface area contributed by atoms with Gasteiger partial charge in [0.1, 0.15) is 17.1 Å². The van der Waals surface area contributed by atoms with Gasteiger partial charge < -0.3 is 8.74 Å². The molecule has 1 unspecified atom stereocenters. The van der Waals surface area contributed by atoms with Gasteiger partial charge in [0.2, 0.25) is 0 Å². The van der Waals surface area contributed by atoms with Crippen molar-refractivity contribution in [3.05, 3.63) is 42.5 Å². The number of rotatable bonds is 2. The Morgan fingerprint density at radius 1 is 1.07 bits per heavy atom. The number of fused-ring (bicyclic) bond motifs is 1. The van der Waals surface area contributed by atoms with E-state index in [1.54, 1.807) is 6.07 Å². The molecule has 0 N–H and O–H groups in total. The van der Waals surface area contributed by atoms with Gasteiger partial charge in [0, 0.05) is 5.56 Å². The predicted octanol–water partition coefficient (Wildman–Crippen LogP) is -1.03. The van der Waals surface area contributed by atoms with Crippen LogP contribution in [-0.2, 0) is 11.4 Å². The van der Waals surface area contributed by atoms with Crippen molar-refractivity contribution >= 4 is 11.4 Å². The molecule has 0 radical (unpaired) electrons. The average molecular weight is 246 g/mol. The summed E-state index contributed by atoms with van der Waals surface area (Å²) in [6.07, 6.45) is 0. The van der Waals surface area contributed by atoms with E-state index in [1.165, 1.54) is 0 Å². The third-order valence-electron chi connectivity index (χ3n) is 1.91. The van der Waals surface area contributed by atoms with Crippen LogP contribution in [0.4, 0.5) is 0 Å². The number of hydrogen-bond donors (Lipinski definition) is 0. The van der Waals surface area contributed by atoms with Crippen molar-refractivity contribution in [3.63, 3.8) is 0 Å². The van der Waals surface area contributed by atoms with Gasteiger partial charge in [-0.2, -0.15) is 0 Å². The van der Waals surface area contributed by atoms with E-state index < -0.39 is 11.4 Å². The van der Waals surface area contributed by atoms with Gasteiger partial charge in [-0.3, -0.25) is 0 Å². The van der Waals surface area contributed by atoms with Crippen molar-refractivity contribution < 1.29 is 64.3 Å². The van der Waals surface area contributed by atoms with E-state index >= 15 is 0 Å². The average Bonchev–Trinajstić information content (AvgIpc) is 2.37. The van der Waals surface area contributed by atoms with Gasteiger partial charge >= 0.3 is 51.4 Å². The second-order valence-corrected chi connectivity index (χ2v) is 3.34.